The molecule has 3 nitrogen and oxygen atoms in total. The van der Waals surface area contributed by atoms with E-state index in [0.717, 1.165) is 39.0 Å². The van der Waals surface area contributed by atoms with Gasteiger partial charge in [-0.2, -0.15) is 0 Å². The van der Waals surface area contributed by atoms with E-state index in [1.54, 1.807) is 0 Å². The molecule has 0 aromatic carbocycles. The van der Waals surface area contributed by atoms with Crippen LogP contribution in [0.4, 0.5) is 0 Å². The lowest BCUT2D eigenvalue weighted by Gasteiger charge is -2.03. The molecule has 0 aliphatic rings. The first kappa shape index (κ1) is 18.3. The second kappa shape index (κ2) is 13.7. The highest BCUT2D eigenvalue weighted by Crippen LogP contribution is 1.97. The number of rotatable bonds is 12. The third-order valence-electron chi connectivity index (χ3n) is 3.12. The van der Waals surface area contributed by atoms with Gasteiger partial charge < -0.3 is 5.32 Å². The maximum atomic E-state index is 4.55. The summed E-state index contributed by atoms with van der Waals surface area (Å²) in [6, 6.07) is 0. The van der Waals surface area contributed by atoms with Crippen LogP contribution >= 0.6 is 0 Å². The van der Waals surface area contributed by atoms with Crippen molar-refractivity contribution < 1.29 is 0 Å². The van der Waals surface area contributed by atoms with Gasteiger partial charge in [0.1, 0.15) is 0 Å². The highest BCUT2D eigenvalue weighted by atomic mass is 14.9. The van der Waals surface area contributed by atoms with Crippen molar-refractivity contribution in [3.05, 3.63) is 0 Å². The second-order valence-electron chi connectivity index (χ2n) is 5.19. The lowest BCUT2D eigenvalue weighted by molar-refractivity contribution is 0.694. The highest BCUT2D eigenvalue weighted by Gasteiger charge is 1.92. The van der Waals surface area contributed by atoms with Gasteiger partial charge in [-0.1, -0.05) is 26.7 Å². The van der Waals surface area contributed by atoms with Crippen molar-refractivity contribution in [3.8, 4) is 0 Å². The largest absolute Gasteiger partial charge is 0.313 e. The summed E-state index contributed by atoms with van der Waals surface area (Å²) in [4.78, 5) is 9.11. The fraction of sp³-hybridized carbons (Fsp3) is 0.875. The molecule has 0 amide bonds. The topological polar surface area (TPSA) is 36.8 Å². The SMILES string of the molecule is CCCC/C(C)=N\CCNCC/N=C(\C)CCCC. The van der Waals surface area contributed by atoms with E-state index in [9.17, 15) is 0 Å². The number of hydrogen-bond acceptors (Lipinski definition) is 3. The number of nitrogens with zero attached hydrogens (tertiary/aromatic N) is 2. The van der Waals surface area contributed by atoms with E-state index in [4.69, 9.17) is 0 Å². The summed E-state index contributed by atoms with van der Waals surface area (Å²) in [7, 11) is 0. The van der Waals surface area contributed by atoms with Crippen molar-refractivity contribution in [3.63, 3.8) is 0 Å². The Morgan fingerprint density at radius 3 is 1.58 bits per heavy atom. The standard InChI is InChI=1S/C16H33N3/c1-5-7-9-15(3)18-13-11-17-12-14-19-16(4)10-8-6-2/h17H,5-14H2,1-4H3/b18-15-,19-16+. The summed E-state index contributed by atoms with van der Waals surface area (Å²) in [5.74, 6) is 0. The first-order chi connectivity index (χ1) is 9.20. The number of unbranched alkanes of at least 4 members (excludes halogenated alkanes) is 2. The first-order valence-corrected chi connectivity index (χ1v) is 7.91. The molecule has 3 heteroatoms. The molecule has 0 spiro atoms. The Morgan fingerprint density at radius 1 is 0.789 bits per heavy atom. The fourth-order valence-corrected chi connectivity index (χ4v) is 1.80. The van der Waals surface area contributed by atoms with Crippen molar-refractivity contribution >= 4 is 11.4 Å². The van der Waals surface area contributed by atoms with Crippen LogP contribution in [-0.2, 0) is 0 Å². The second-order valence-corrected chi connectivity index (χ2v) is 5.19. The molecule has 1 N–H and O–H groups in total. The minimum Gasteiger partial charge on any atom is -0.313 e. The Balaban J connectivity index is 3.44. The predicted molar refractivity (Wildman–Crippen MR) is 87.9 cm³/mol. The Labute approximate surface area is 120 Å². The monoisotopic (exact) mass is 267 g/mol. The molecule has 19 heavy (non-hydrogen) atoms. The predicted octanol–water partition coefficient (Wildman–Crippen LogP) is 3.88. The van der Waals surface area contributed by atoms with Crippen LogP contribution in [0.1, 0.15) is 66.2 Å². The van der Waals surface area contributed by atoms with Crippen molar-refractivity contribution in [2.45, 2.75) is 66.2 Å². The lowest BCUT2D eigenvalue weighted by atomic mass is 10.2. The van der Waals surface area contributed by atoms with Gasteiger partial charge in [-0.3, -0.25) is 9.98 Å². The third-order valence-corrected chi connectivity index (χ3v) is 3.12. The van der Waals surface area contributed by atoms with Crippen molar-refractivity contribution in [1.29, 1.82) is 0 Å². The molecule has 0 heterocycles. The zero-order chi connectivity index (χ0) is 14.3. The van der Waals surface area contributed by atoms with E-state index in [-0.39, 0.29) is 0 Å². The summed E-state index contributed by atoms with van der Waals surface area (Å²) >= 11 is 0. The van der Waals surface area contributed by atoms with E-state index >= 15 is 0 Å². The fourth-order valence-electron chi connectivity index (χ4n) is 1.80. The van der Waals surface area contributed by atoms with Gasteiger partial charge >= 0.3 is 0 Å². The van der Waals surface area contributed by atoms with Crippen LogP contribution in [0.3, 0.4) is 0 Å². The van der Waals surface area contributed by atoms with Gasteiger partial charge in [0, 0.05) is 24.5 Å². The number of aliphatic imine (C=N–C) groups is 2. The van der Waals surface area contributed by atoms with Crippen molar-refractivity contribution in [2.24, 2.45) is 9.98 Å². The molecule has 112 valence electrons. The van der Waals surface area contributed by atoms with Crippen LogP contribution in [0.2, 0.25) is 0 Å². The van der Waals surface area contributed by atoms with Gasteiger partial charge in [0.25, 0.3) is 0 Å². The molecule has 0 aliphatic carbocycles. The highest BCUT2D eigenvalue weighted by molar-refractivity contribution is 5.82. The summed E-state index contributed by atoms with van der Waals surface area (Å²) in [5.41, 5.74) is 2.58. The smallest absolute Gasteiger partial charge is 0.0513 e. The molecule has 0 saturated carbocycles. The summed E-state index contributed by atoms with van der Waals surface area (Å²) < 4.78 is 0. The molecule has 0 fully saturated rings. The van der Waals surface area contributed by atoms with Crippen LogP contribution in [0.15, 0.2) is 9.98 Å². The van der Waals surface area contributed by atoms with E-state index in [2.05, 4.69) is 43.0 Å². The van der Waals surface area contributed by atoms with Crippen LogP contribution in [0.5, 0.6) is 0 Å². The summed E-state index contributed by atoms with van der Waals surface area (Å²) in [5, 5.41) is 3.39. The average Bonchev–Trinajstić information content (AvgIpc) is 2.41. The number of hydrogen-bond donors (Lipinski definition) is 1. The molecule has 0 aromatic heterocycles. The normalized spacial score (nSPS) is 13.1. The van der Waals surface area contributed by atoms with Gasteiger partial charge in [-0.05, 0) is 39.5 Å². The van der Waals surface area contributed by atoms with E-state index in [0.29, 0.717) is 0 Å². The molecule has 0 atom stereocenters. The Kier molecular flexibility index (Phi) is 13.2. The first-order valence-electron chi connectivity index (χ1n) is 7.91. The van der Waals surface area contributed by atoms with Crippen LogP contribution in [0, 0.1) is 0 Å². The zero-order valence-corrected chi connectivity index (χ0v) is 13.5. The molecule has 0 saturated heterocycles. The van der Waals surface area contributed by atoms with Crippen LogP contribution in [-0.4, -0.2) is 37.6 Å². The van der Waals surface area contributed by atoms with Crippen LogP contribution in [0.25, 0.3) is 0 Å². The van der Waals surface area contributed by atoms with Crippen molar-refractivity contribution in [2.75, 3.05) is 26.2 Å². The van der Waals surface area contributed by atoms with Gasteiger partial charge in [0.15, 0.2) is 0 Å². The van der Waals surface area contributed by atoms with E-state index in [1.807, 2.05) is 0 Å². The Bertz CT molecular complexity index is 231. The lowest BCUT2D eigenvalue weighted by Crippen LogP contribution is -2.21. The zero-order valence-electron chi connectivity index (χ0n) is 13.5. The van der Waals surface area contributed by atoms with Crippen molar-refractivity contribution in [1.82, 2.24) is 5.32 Å². The molecule has 0 aromatic rings. The van der Waals surface area contributed by atoms with Gasteiger partial charge in [0.2, 0.25) is 0 Å². The minimum atomic E-state index is 0.897. The van der Waals surface area contributed by atoms with E-state index in [1.165, 1.54) is 37.1 Å². The molecule has 0 radical (unpaired) electrons. The maximum Gasteiger partial charge on any atom is 0.0513 e. The Morgan fingerprint density at radius 2 is 1.21 bits per heavy atom. The number of nitrogens with one attached hydrogen (secondary N) is 1. The van der Waals surface area contributed by atoms with Gasteiger partial charge in [-0.15, -0.1) is 0 Å². The molecule has 0 unspecified atom stereocenters. The molecule has 0 rings (SSSR count). The quantitative estimate of drug-likeness (QED) is 0.423. The molecular weight excluding hydrogens is 234 g/mol. The molecular formula is C16H33N3. The van der Waals surface area contributed by atoms with Gasteiger partial charge in [-0.25, -0.2) is 0 Å². The molecule has 0 bridgehead atoms. The van der Waals surface area contributed by atoms with Gasteiger partial charge in [0.05, 0.1) is 13.1 Å². The minimum absolute atomic E-state index is 0.897. The summed E-state index contributed by atoms with van der Waals surface area (Å²) in [6.07, 6.45) is 7.32. The average molecular weight is 267 g/mol. The maximum absolute atomic E-state index is 4.55. The van der Waals surface area contributed by atoms with E-state index < -0.39 is 0 Å². The van der Waals surface area contributed by atoms with Crippen LogP contribution < -0.4 is 5.32 Å². The Hall–Kier alpha value is -0.700. The third kappa shape index (κ3) is 13.5. The summed E-state index contributed by atoms with van der Waals surface area (Å²) in [6.45, 7) is 12.4. The molecule has 0 aliphatic heterocycles.